The average Bonchev–Trinajstić information content (AvgIpc) is 2.87. The van der Waals surface area contributed by atoms with E-state index in [0.29, 0.717) is 6.42 Å². The van der Waals surface area contributed by atoms with Crippen LogP contribution in [-0.4, -0.2) is 32.5 Å². The maximum Gasteiger partial charge on any atom is 0.343 e. The van der Waals surface area contributed by atoms with E-state index < -0.39 is 0 Å². The molecule has 1 aliphatic rings. The third-order valence-corrected chi connectivity index (χ3v) is 5.74. The molecule has 0 fully saturated rings. The molecule has 0 radical (unpaired) electrons. The first kappa shape index (κ1) is 24.2. The predicted octanol–water partition coefficient (Wildman–Crippen LogP) is 5.60. The number of nitrogens with one attached hydrogen (secondary N) is 1. The van der Waals surface area contributed by atoms with E-state index in [0.717, 1.165) is 71.6 Å². The Morgan fingerprint density at radius 1 is 0.909 bits per heavy atom. The van der Waals surface area contributed by atoms with E-state index in [9.17, 15) is 4.79 Å². The van der Waals surface area contributed by atoms with E-state index in [1.165, 1.54) is 0 Å². The van der Waals surface area contributed by atoms with Crippen molar-refractivity contribution in [3.05, 3.63) is 95.1 Å². The lowest BCUT2D eigenvalue weighted by molar-refractivity contribution is -0.417. The second-order valence-corrected chi connectivity index (χ2v) is 8.09. The topological polar surface area (TPSA) is 49.6 Å². The lowest BCUT2D eigenvalue weighted by Crippen LogP contribution is -2.24. The number of allylic oxidation sites excluding steroid dienone is 5. The summed E-state index contributed by atoms with van der Waals surface area (Å²) in [7, 11) is 3.35. The van der Waals surface area contributed by atoms with Crippen molar-refractivity contribution in [1.82, 2.24) is 5.32 Å². The van der Waals surface area contributed by atoms with Crippen molar-refractivity contribution < 1.29 is 14.0 Å². The van der Waals surface area contributed by atoms with Gasteiger partial charge in [0, 0.05) is 25.1 Å². The van der Waals surface area contributed by atoms with Gasteiger partial charge in [-0.25, -0.2) is 0 Å². The van der Waals surface area contributed by atoms with Crippen LogP contribution in [0.2, 0.25) is 0 Å². The van der Waals surface area contributed by atoms with Crippen molar-refractivity contribution in [2.24, 2.45) is 0 Å². The van der Waals surface area contributed by atoms with Crippen LogP contribution in [0.4, 0.5) is 0 Å². The van der Waals surface area contributed by atoms with Gasteiger partial charge in [-0.15, -0.1) is 0 Å². The van der Waals surface area contributed by atoms with Gasteiger partial charge in [-0.1, -0.05) is 56.2 Å². The van der Waals surface area contributed by atoms with E-state index in [2.05, 4.69) is 60.8 Å². The first-order valence-electron chi connectivity index (χ1n) is 11.7. The van der Waals surface area contributed by atoms with Crippen LogP contribution in [0.15, 0.2) is 78.4 Å². The first-order chi connectivity index (χ1) is 16.1. The van der Waals surface area contributed by atoms with Crippen LogP contribution in [0.1, 0.15) is 49.3 Å². The average molecular weight is 445 g/mol. The summed E-state index contributed by atoms with van der Waals surface area (Å²) in [5, 5.41) is 3.02. The Hall–Kier alpha value is -3.40. The molecule has 4 heteroatoms. The van der Waals surface area contributed by atoms with Gasteiger partial charge in [0.1, 0.15) is 5.75 Å². The molecule has 0 unspecified atom stereocenters. The number of ether oxygens (including phenoxy) is 1. The molecule has 0 heterocycles. The maximum absolute atomic E-state index is 12.1. The fourth-order valence-corrected chi connectivity index (χ4v) is 3.80. The monoisotopic (exact) mass is 444 g/mol. The highest BCUT2D eigenvalue weighted by molar-refractivity contribution is 6.03. The fourth-order valence-electron chi connectivity index (χ4n) is 3.80. The Labute approximate surface area is 197 Å². The number of carbonyl (C=O) groups is 1. The number of hydrogen-bond donors (Lipinski definition) is 1. The van der Waals surface area contributed by atoms with Gasteiger partial charge in [-0.3, -0.25) is 9.22 Å². The van der Waals surface area contributed by atoms with Crippen molar-refractivity contribution >= 4 is 17.3 Å². The van der Waals surface area contributed by atoms with Crippen LogP contribution < -0.4 is 10.1 Å². The standard InChI is InChI=1S/C29H33NO3/c1-4-5-6-21-30-28(31)20-9-22-7-10-23(11-8-22)29(24-12-16-26(32-2)17-13-24)25-14-18-27(33-3)19-15-25/h7-8,10-19H,4-6,9,20-21H2,1-3H3/p+1. The molecule has 0 bridgehead atoms. The molecular formula is C29H34NO3+. The number of benzene rings is 2. The molecule has 0 saturated carbocycles. The Kier molecular flexibility index (Phi) is 9.25. The second kappa shape index (κ2) is 12.6. The summed E-state index contributed by atoms with van der Waals surface area (Å²) in [6.45, 7) is 2.94. The minimum atomic E-state index is 0.124. The van der Waals surface area contributed by atoms with E-state index >= 15 is 0 Å². The minimum Gasteiger partial charge on any atom is -0.497 e. The van der Waals surface area contributed by atoms with Gasteiger partial charge in [0.05, 0.1) is 7.11 Å². The number of carbonyl (C=O) groups excluding carboxylic acids is 2. The number of hydrogen-bond acceptors (Lipinski definition) is 2. The maximum atomic E-state index is 12.1. The van der Waals surface area contributed by atoms with Crippen LogP contribution >= 0.6 is 0 Å². The molecule has 1 amide bonds. The molecule has 4 nitrogen and oxygen atoms in total. The van der Waals surface area contributed by atoms with E-state index in [4.69, 9.17) is 9.16 Å². The second-order valence-electron chi connectivity index (χ2n) is 8.09. The summed E-state index contributed by atoms with van der Waals surface area (Å²) in [4.78, 5) is 12.1. The summed E-state index contributed by atoms with van der Waals surface area (Å²) in [6, 6.07) is 16.6. The number of unbranched alkanes of at least 4 members (excludes halogenated alkanes) is 2. The van der Waals surface area contributed by atoms with Gasteiger partial charge in [-0.2, -0.15) is 0 Å². The van der Waals surface area contributed by atoms with Gasteiger partial charge in [0.2, 0.25) is 5.91 Å². The lowest BCUT2D eigenvalue weighted by atomic mass is 9.90. The summed E-state index contributed by atoms with van der Waals surface area (Å²) in [6.07, 6.45) is 12.7. The molecule has 0 atom stereocenters. The number of rotatable bonds is 10. The number of amides is 1. The van der Waals surface area contributed by atoms with Crippen molar-refractivity contribution in [3.63, 3.8) is 0 Å². The Bertz CT molecular complexity index is 1020. The molecule has 2 aromatic rings. The summed E-state index contributed by atoms with van der Waals surface area (Å²) in [5.41, 5.74) is 5.64. The normalized spacial score (nSPS) is 12.6. The summed E-state index contributed by atoms with van der Waals surface area (Å²) >= 11 is 0. The fraction of sp³-hybridized carbons (Fsp3) is 0.310. The highest BCUT2D eigenvalue weighted by atomic mass is 16.5. The molecule has 1 N–H and O–H groups in total. The van der Waals surface area contributed by atoms with E-state index in [-0.39, 0.29) is 5.91 Å². The molecule has 0 saturated heterocycles. The highest BCUT2D eigenvalue weighted by Crippen LogP contribution is 2.31. The predicted molar refractivity (Wildman–Crippen MR) is 136 cm³/mol. The van der Waals surface area contributed by atoms with Crippen LogP contribution in [0.3, 0.4) is 0 Å². The van der Waals surface area contributed by atoms with Gasteiger partial charge >= 0.3 is 5.78 Å². The van der Waals surface area contributed by atoms with Crippen molar-refractivity contribution in [1.29, 1.82) is 0 Å². The Balaban J connectivity index is 1.77. The largest absolute Gasteiger partial charge is 0.497 e. The van der Waals surface area contributed by atoms with Crippen LogP contribution in [0.25, 0.3) is 5.57 Å². The highest BCUT2D eigenvalue weighted by Gasteiger charge is 2.14. The zero-order valence-electron chi connectivity index (χ0n) is 19.9. The molecule has 172 valence electrons. The van der Waals surface area contributed by atoms with Crippen LogP contribution in [0.5, 0.6) is 5.75 Å². The van der Waals surface area contributed by atoms with Gasteiger partial charge in [0.25, 0.3) is 7.11 Å². The third kappa shape index (κ3) is 7.04. The molecule has 33 heavy (non-hydrogen) atoms. The Morgan fingerprint density at radius 2 is 1.55 bits per heavy atom. The van der Waals surface area contributed by atoms with E-state index in [1.54, 1.807) is 14.2 Å². The van der Waals surface area contributed by atoms with Gasteiger partial charge in [0.15, 0.2) is 0 Å². The van der Waals surface area contributed by atoms with Crippen LogP contribution in [-0.2, 0) is 15.6 Å². The number of aryl methyl sites for hydroxylation is 1. The van der Waals surface area contributed by atoms with Gasteiger partial charge < -0.3 is 10.1 Å². The SMILES string of the molecule is CCCCCNC(=O)CCc1ccc(C(=C2C=CC(=[O+]C)C=C2)c2ccc(OC)cc2)cc1. The molecule has 0 aromatic heterocycles. The molecule has 2 aromatic carbocycles. The van der Waals surface area contributed by atoms with Crippen molar-refractivity contribution in [2.45, 2.75) is 39.0 Å². The molecule has 0 aliphatic heterocycles. The zero-order valence-corrected chi connectivity index (χ0v) is 19.9. The smallest absolute Gasteiger partial charge is 0.343 e. The lowest BCUT2D eigenvalue weighted by Gasteiger charge is -2.14. The van der Waals surface area contributed by atoms with Gasteiger partial charge in [-0.05, 0) is 65.0 Å². The third-order valence-electron chi connectivity index (χ3n) is 5.74. The number of ketones is 1. The molecule has 1 aliphatic carbocycles. The minimum absolute atomic E-state index is 0.124. The molecular weight excluding hydrogens is 410 g/mol. The summed E-state index contributed by atoms with van der Waals surface area (Å²) in [5.74, 6) is 1.78. The molecule has 3 rings (SSSR count). The van der Waals surface area contributed by atoms with Crippen molar-refractivity contribution in [3.8, 4) is 5.75 Å². The quantitative estimate of drug-likeness (QED) is 0.383. The summed E-state index contributed by atoms with van der Waals surface area (Å²) < 4.78 is 10.7. The van der Waals surface area contributed by atoms with Crippen molar-refractivity contribution in [2.75, 3.05) is 20.8 Å². The molecule has 0 spiro atoms. The zero-order chi connectivity index (χ0) is 23.5. The van der Waals surface area contributed by atoms with Crippen LogP contribution in [0, 0.1) is 0 Å². The Morgan fingerprint density at radius 3 is 2.12 bits per heavy atom. The van der Waals surface area contributed by atoms with E-state index in [1.807, 2.05) is 24.3 Å². The first-order valence-corrected chi connectivity index (χ1v) is 11.7. The number of methoxy groups -OCH3 is 1.